The van der Waals surface area contributed by atoms with Crippen LogP contribution in [0.3, 0.4) is 0 Å². The Morgan fingerprint density at radius 2 is 1.71 bits per heavy atom. The van der Waals surface area contributed by atoms with Crippen molar-refractivity contribution in [3.8, 4) is 0 Å². The summed E-state index contributed by atoms with van der Waals surface area (Å²) in [7, 11) is 0. The molecule has 0 aliphatic heterocycles. The molecule has 2 aromatic carbocycles. The van der Waals surface area contributed by atoms with Crippen LogP contribution in [0.4, 0.5) is 0 Å². The Morgan fingerprint density at radius 1 is 0.941 bits per heavy atom. The third kappa shape index (κ3) is 2.88. The molecule has 2 aromatic rings. The predicted molar refractivity (Wildman–Crippen MR) is 76.5 cm³/mol. The smallest absolute Gasteiger partial charge is 0.0149 e. The van der Waals surface area contributed by atoms with Gasteiger partial charge in [-0.1, -0.05) is 75.6 Å². The summed E-state index contributed by atoms with van der Waals surface area (Å²) in [5.41, 5.74) is 1.51. The van der Waals surface area contributed by atoms with Gasteiger partial charge in [-0.2, -0.15) is 0 Å². The summed E-state index contributed by atoms with van der Waals surface area (Å²) in [4.78, 5) is 0. The lowest BCUT2D eigenvalue weighted by Gasteiger charge is -2.14. The van der Waals surface area contributed by atoms with Gasteiger partial charge < -0.3 is 0 Å². The van der Waals surface area contributed by atoms with Crippen LogP contribution in [-0.4, -0.2) is 0 Å². The van der Waals surface area contributed by atoms with Gasteiger partial charge >= 0.3 is 0 Å². The number of hydrogen-bond donors (Lipinski definition) is 0. The molecule has 1 unspecified atom stereocenters. The molecule has 0 aliphatic carbocycles. The minimum Gasteiger partial charge on any atom is -0.0654 e. The summed E-state index contributed by atoms with van der Waals surface area (Å²) in [5.74, 6) is 0.674. The van der Waals surface area contributed by atoms with Gasteiger partial charge in [-0.05, 0) is 28.7 Å². The van der Waals surface area contributed by atoms with Crippen LogP contribution in [0.2, 0.25) is 0 Å². The molecule has 0 heterocycles. The van der Waals surface area contributed by atoms with Crippen LogP contribution in [0.15, 0.2) is 42.5 Å². The molecule has 0 nitrogen and oxygen atoms in total. The van der Waals surface area contributed by atoms with E-state index in [4.69, 9.17) is 0 Å². The lowest BCUT2D eigenvalue weighted by molar-refractivity contribution is 0.600. The van der Waals surface area contributed by atoms with Gasteiger partial charge in [-0.25, -0.2) is 0 Å². The molecule has 2 rings (SSSR count). The maximum Gasteiger partial charge on any atom is -0.0149 e. The van der Waals surface area contributed by atoms with E-state index in [9.17, 15) is 0 Å². The highest BCUT2D eigenvalue weighted by atomic mass is 14.1. The fourth-order valence-electron chi connectivity index (χ4n) is 2.54. The molecule has 0 radical (unpaired) electrons. The highest BCUT2D eigenvalue weighted by molar-refractivity contribution is 5.86. The van der Waals surface area contributed by atoms with E-state index in [2.05, 4.69) is 56.3 Å². The van der Waals surface area contributed by atoms with Crippen LogP contribution in [0.25, 0.3) is 10.8 Å². The van der Waals surface area contributed by atoms with Crippen molar-refractivity contribution in [2.24, 2.45) is 0 Å². The first-order valence-electron chi connectivity index (χ1n) is 6.80. The van der Waals surface area contributed by atoms with E-state index < -0.39 is 0 Å². The van der Waals surface area contributed by atoms with E-state index in [1.807, 2.05) is 0 Å². The Bertz CT molecular complexity index is 465. The van der Waals surface area contributed by atoms with Gasteiger partial charge in [-0.3, -0.25) is 0 Å². The highest BCUT2D eigenvalue weighted by Gasteiger charge is 2.08. The Balaban J connectivity index is 2.22. The number of hydrogen-bond acceptors (Lipinski definition) is 0. The lowest BCUT2D eigenvalue weighted by Crippen LogP contribution is -1.95. The second-order valence-electron chi connectivity index (χ2n) is 4.97. The first-order valence-corrected chi connectivity index (χ1v) is 6.80. The summed E-state index contributed by atoms with van der Waals surface area (Å²) < 4.78 is 0. The zero-order valence-electron chi connectivity index (χ0n) is 10.9. The van der Waals surface area contributed by atoms with Gasteiger partial charge in [0.05, 0.1) is 0 Å². The molecule has 1 atom stereocenters. The monoisotopic (exact) mass is 226 g/mol. The van der Waals surface area contributed by atoms with Crippen LogP contribution in [0.5, 0.6) is 0 Å². The molecule has 0 heteroatoms. The van der Waals surface area contributed by atoms with Crippen molar-refractivity contribution < 1.29 is 0 Å². The predicted octanol–water partition coefficient (Wildman–Crippen LogP) is 5.52. The minimum atomic E-state index is 0.674. The van der Waals surface area contributed by atoms with E-state index >= 15 is 0 Å². The molecule has 0 saturated heterocycles. The molecule has 0 N–H and O–H groups in total. The fraction of sp³-hybridized carbons (Fsp3) is 0.412. The Hall–Kier alpha value is -1.30. The van der Waals surface area contributed by atoms with Crippen LogP contribution >= 0.6 is 0 Å². The van der Waals surface area contributed by atoms with Gasteiger partial charge in [0.25, 0.3) is 0 Å². The molecule has 0 aliphatic rings. The van der Waals surface area contributed by atoms with Crippen molar-refractivity contribution in [1.29, 1.82) is 0 Å². The van der Waals surface area contributed by atoms with Gasteiger partial charge in [0.2, 0.25) is 0 Å². The summed E-state index contributed by atoms with van der Waals surface area (Å²) >= 11 is 0. The van der Waals surface area contributed by atoms with E-state index in [1.54, 1.807) is 0 Å². The van der Waals surface area contributed by atoms with Crippen LogP contribution in [0, 0.1) is 0 Å². The third-order valence-corrected chi connectivity index (χ3v) is 3.59. The van der Waals surface area contributed by atoms with Crippen LogP contribution in [0.1, 0.15) is 51.0 Å². The maximum atomic E-state index is 2.36. The number of benzene rings is 2. The summed E-state index contributed by atoms with van der Waals surface area (Å²) in [5, 5.41) is 2.80. The van der Waals surface area contributed by atoms with Gasteiger partial charge in [0.1, 0.15) is 0 Å². The van der Waals surface area contributed by atoms with Crippen molar-refractivity contribution in [3.63, 3.8) is 0 Å². The van der Waals surface area contributed by atoms with Crippen molar-refractivity contribution in [2.75, 3.05) is 0 Å². The molecule has 90 valence electrons. The zero-order chi connectivity index (χ0) is 12.1. The average Bonchev–Trinajstić information content (AvgIpc) is 2.38. The largest absolute Gasteiger partial charge is 0.0654 e. The number of rotatable bonds is 5. The molecule has 0 saturated carbocycles. The summed E-state index contributed by atoms with van der Waals surface area (Å²) in [6, 6.07) is 15.4. The second kappa shape index (κ2) is 5.86. The molecule has 0 amide bonds. The molecule has 0 bridgehead atoms. The molecule has 0 aromatic heterocycles. The topological polar surface area (TPSA) is 0 Å². The maximum absolute atomic E-state index is 2.36. The summed E-state index contributed by atoms with van der Waals surface area (Å²) in [6.45, 7) is 4.63. The lowest BCUT2D eigenvalue weighted by atomic mass is 9.91. The van der Waals surface area contributed by atoms with Gasteiger partial charge in [-0.15, -0.1) is 0 Å². The summed E-state index contributed by atoms with van der Waals surface area (Å²) in [6.07, 6.45) is 5.32. The highest BCUT2D eigenvalue weighted by Crippen LogP contribution is 2.28. The van der Waals surface area contributed by atoms with Crippen molar-refractivity contribution in [1.82, 2.24) is 0 Å². The van der Waals surface area contributed by atoms with E-state index in [0.29, 0.717) is 5.92 Å². The van der Waals surface area contributed by atoms with Gasteiger partial charge in [0, 0.05) is 0 Å². The quantitative estimate of drug-likeness (QED) is 0.588. The SMILES string of the molecule is CCCCCC(C)c1cccc2ccccc12. The fourth-order valence-corrected chi connectivity index (χ4v) is 2.54. The van der Waals surface area contributed by atoms with E-state index in [1.165, 1.54) is 42.0 Å². The molecule has 17 heavy (non-hydrogen) atoms. The number of unbranched alkanes of at least 4 members (excludes halogenated alkanes) is 2. The van der Waals surface area contributed by atoms with Crippen molar-refractivity contribution >= 4 is 10.8 Å². The van der Waals surface area contributed by atoms with E-state index in [-0.39, 0.29) is 0 Å². The first-order chi connectivity index (χ1) is 8.33. The van der Waals surface area contributed by atoms with Crippen molar-refractivity contribution in [3.05, 3.63) is 48.0 Å². The van der Waals surface area contributed by atoms with Crippen molar-refractivity contribution in [2.45, 2.75) is 45.4 Å². The first kappa shape index (κ1) is 12.2. The Kier molecular flexibility index (Phi) is 4.19. The van der Waals surface area contributed by atoms with Crippen LogP contribution in [-0.2, 0) is 0 Å². The normalized spacial score (nSPS) is 12.8. The molecule has 0 spiro atoms. The van der Waals surface area contributed by atoms with Gasteiger partial charge in [0.15, 0.2) is 0 Å². The number of fused-ring (bicyclic) bond motifs is 1. The second-order valence-corrected chi connectivity index (χ2v) is 4.97. The Morgan fingerprint density at radius 3 is 2.53 bits per heavy atom. The molecular weight excluding hydrogens is 204 g/mol. The third-order valence-electron chi connectivity index (χ3n) is 3.59. The molecule has 0 fully saturated rings. The molecular formula is C17H22. The minimum absolute atomic E-state index is 0.674. The van der Waals surface area contributed by atoms with Crippen LogP contribution < -0.4 is 0 Å². The average molecular weight is 226 g/mol. The zero-order valence-corrected chi connectivity index (χ0v) is 10.9. The van der Waals surface area contributed by atoms with E-state index in [0.717, 1.165) is 0 Å². The Labute approximate surface area is 105 Å². The standard InChI is InChI=1S/C17H22/c1-3-4-5-9-14(2)16-13-8-11-15-10-6-7-12-17(15)16/h6-8,10-14H,3-5,9H2,1-2H3.